The third-order valence-corrected chi connectivity index (χ3v) is 3.42. The number of rotatable bonds is 2. The van der Waals surface area contributed by atoms with Crippen LogP contribution in [0.25, 0.3) is 11.2 Å². The Balaban J connectivity index is 2.80. The molecule has 0 aromatic carbocycles. The van der Waals surface area contributed by atoms with Gasteiger partial charge >= 0.3 is 0 Å². The molecule has 0 aliphatic rings. The highest BCUT2D eigenvalue weighted by Gasteiger charge is 2.21. The van der Waals surface area contributed by atoms with E-state index in [-0.39, 0.29) is 5.54 Å². The lowest BCUT2D eigenvalue weighted by Crippen LogP contribution is -2.25. The Kier molecular flexibility index (Phi) is 2.62. The summed E-state index contributed by atoms with van der Waals surface area (Å²) in [6.45, 7) is 8.55. The average molecular weight is 235 g/mol. The van der Waals surface area contributed by atoms with E-state index in [1.165, 1.54) is 0 Å². The lowest BCUT2D eigenvalue weighted by atomic mass is 10.0. The fourth-order valence-corrected chi connectivity index (χ4v) is 2.26. The van der Waals surface area contributed by atoms with Crippen LogP contribution in [0.4, 0.5) is 0 Å². The van der Waals surface area contributed by atoms with Gasteiger partial charge in [0.25, 0.3) is 0 Å². The third-order valence-electron chi connectivity index (χ3n) is 3.13. The van der Waals surface area contributed by atoms with Crippen LogP contribution < -0.4 is 0 Å². The lowest BCUT2D eigenvalue weighted by molar-refractivity contribution is 0.346. The van der Waals surface area contributed by atoms with E-state index in [1.807, 2.05) is 13.1 Å². The van der Waals surface area contributed by atoms with Crippen LogP contribution in [0.1, 0.15) is 32.8 Å². The van der Waals surface area contributed by atoms with Gasteiger partial charge in [-0.3, -0.25) is 4.57 Å². The Hall–Kier alpha value is -1.16. The van der Waals surface area contributed by atoms with Crippen LogP contribution in [-0.2, 0) is 5.54 Å². The summed E-state index contributed by atoms with van der Waals surface area (Å²) in [5.41, 5.74) is 3.11. The van der Waals surface area contributed by atoms with Gasteiger partial charge in [0.15, 0.2) is 10.4 Å². The van der Waals surface area contributed by atoms with E-state index in [1.54, 1.807) is 0 Å². The van der Waals surface area contributed by atoms with Crippen LogP contribution in [0.3, 0.4) is 0 Å². The molecule has 0 aliphatic heterocycles. The molecule has 0 amide bonds. The molecule has 86 valence electrons. The number of hydrogen-bond acceptors (Lipinski definition) is 2. The largest absolute Gasteiger partial charge is 0.329 e. The average Bonchev–Trinajstić information content (AvgIpc) is 2.53. The van der Waals surface area contributed by atoms with Gasteiger partial charge < -0.3 is 4.98 Å². The molecule has 0 bridgehead atoms. The minimum absolute atomic E-state index is 0.00239. The maximum atomic E-state index is 5.38. The second kappa shape index (κ2) is 3.70. The molecule has 0 saturated heterocycles. The number of aryl methyl sites for hydroxylation is 1. The van der Waals surface area contributed by atoms with Crippen molar-refractivity contribution in [3.63, 3.8) is 0 Å². The summed E-state index contributed by atoms with van der Waals surface area (Å²) in [6.07, 6.45) is 2.90. The summed E-state index contributed by atoms with van der Waals surface area (Å²) in [5, 5.41) is 0. The minimum Gasteiger partial charge on any atom is -0.329 e. The molecule has 0 aliphatic carbocycles. The molecule has 2 rings (SSSR count). The van der Waals surface area contributed by atoms with E-state index < -0.39 is 0 Å². The van der Waals surface area contributed by atoms with Gasteiger partial charge in [-0.25, -0.2) is 4.98 Å². The van der Waals surface area contributed by atoms with Crippen molar-refractivity contribution >= 4 is 23.4 Å². The predicted octanol–water partition coefficient (Wildman–Crippen LogP) is 3.55. The van der Waals surface area contributed by atoms with E-state index >= 15 is 0 Å². The summed E-state index contributed by atoms with van der Waals surface area (Å²) in [6, 6.07) is 2.08. The molecule has 0 fully saturated rings. The zero-order valence-corrected chi connectivity index (χ0v) is 11.0. The first kappa shape index (κ1) is 11.3. The lowest BCUT2D eigenvalue weighted by Gasteiger charge is -2.25. The first-order valence-electron chi connectivity index (χ1n) is 5.53. The Bertz CT molecular complexity index is 577. The number of imidazole rings is 1. The van der Waals surface area contributed by atoms with Crippen LogP contribution in [0, 0.1) is 11.7 Å². The second-order valence-electron chi connectivity index (χ2n) is 4.82. The molecule has 0 spiro atoms. The van der Waals surface area contributed by atoms with Gasteiger partial charge in [0.05, 0.1) is 5.52 Å². The van der Waals surface area contributed by atoms with Crippen molar-refractivity contribution in [2.75, 3.05) is 0 Å². The summed E-state index contributed by atoms with van der Waals surface area (Å²) in [5.74, 6) is 0. The minimum atomic E-state index is -0.00239. The van der Waals surface area contributed by atoms with Crippen molar-refractivity contribution in [1.29, 1.82) is 0 Å². The molecular weight excluding hydrogens is 218 g/mol. The van der Waals surface area contributed by atoms with Gasteiger partial charge in [-0.05, 0) is 51.0 Å². The molecule has 2 aromatic heterocycles. The predicted molar refractivity (Wildman–Crippen MR) is 69.3 cm³/mol. The van der Waals surface area contributed by atoms with Crippen molar-refractivity contribution in [3.05, 3.63) is 22.6 Å². The van der Waals surface area contributed by atoms with E-state index in [2.05, 4.69) is 41.4 Å². The second-order valence-corrected chi connectivity index (χ2v) is 5.20. The van der Waals surface area contributed by atoms with Crippen LogP contribution in [0.15, 0.2) is 12.3 Å². The number of H-pyrrole nitrogens is 1. The van der Waals surface area contributed by atoms with Gasteiger partial charge in [0, 0.05) is 11.7 Å². The first-order valence-corrected chi connectivity index (χ1v) is 5.94. The molecule has 0 saturated carbocycles. The first-order chi connectivity index (χ1) is 7.45. The number of pyridine rings is 1. The smallest absolute Gasteiger partial charge is 0.179 e. The monoisotopic (exact) mass is 235 g/mol. The Morgan fingerprint density at radius 3 is 2.81 bits per heavy atom. The summed E-state index contributed by atoms with van der Waals surface area (Å²) < 4.78 is 2.86. The van der Waals surface area contributed by atoms with Crippen molar-refractivity contribution in [2.45, 2.75) is 39.7 Å². The molecule has 16 heavy (non-hydrogen) atoms. The Morgan fingerprint density at radius 2 is 2.19 bits per heavy atom. The molecule has 1 N–H and O–H groups in total. The van der Waals surface area contributed by atoms with E-state index in [0.717, 1.165) is 27.9 Å². The summed E-state index contributed by atoms with van der Waals surface area (Å²) in [7, 11) is 0. The van der Waals surface area contributed by atoms with E-state index in [0.29, 0.717) is 0 Å². The maximum absolute atomic E-state index is 5.38. The van der Waals surface area contributed by atoms with Crippen LogP contribution in [0.2, 0.25) is 0 Å². The highest BCUT2D eigenvalue weighted by atomic mass is 32.1. The number of nitrogens with zero attached hydrogens (tertiary/aromatic N) is 2. The summed E-state index contributed by atoms with van der Waals surface area (Å²) >= 11 is 5.38. The van der Waals surface area contributed by atoms with Gasteiger partial charge in [0.1, 0.15) is 0 Å². The van der Waals surface area contributed by atoms with Crippen molar-refractivity contribution in [3.8, 4) is 0 Å². The highest BCUT2D eigenvalue weighted by molar-refractivity contribution is 7.71. The third kappa shape index (κ3) is 1.67. The van der Waals surface area contributed by atoms with E-state index in [4.69, 9.17) is 12.2 Å². The fraction of sp³-hybridized carbons (Fsp3) is 0.500. The molecule has 4 heteroatoms. The van der Waals surface area contributed by atoms with Crippen molar-refractivity contribution in [1.82, 2.24) is 14.5 Å². The number of nitrogens with one attached hydrogen (secondary N) is 1. The van der Waals surface area contributed by atoms with Crippen molar-refractivity contribution in [2.24, 2.45) is 0 Å². The quantitative estimate of drug-likeness (QED) is 0.808. The Morgan fingerprint density at radius 1 is 1.50 bits per heavy atom. The molecule has 0 atom stereocenters. The normalized spacial score (nSPS) is 12.2. The number of aromatic nitrogens is 3. The van der Waals surface area contributed by atoms with Crippen LogP contribution in [0.5, 0.6) is 0 Å². The number of hydrogen-bond donors (Lipinski definition) is 1. The van der Waals surface area contributed by atoms with Crippen LogP contribution in [-0.4, -0.2) is 14.5 Å². The standard InChI is InChI=1S/C12H17N3S/c1-5-12(3,4)15-10-9(14-11(15)16)6-8(2)7-13-10/h6-7H,5H2,1-4H3,(H,14,16). The maximum Gasteiger partial charge on any atom is 0.179 e. The van der Waals surface area contributed by atoms with Crippen molar-refractivity contribution < 1.29 is 0 Å². The molecule has 2 heterocycles. The van der Waals surface area contributed by atoms with E-state index in [9.17, 15) is 0 Å². The van der Waals surface area contributed by atoms with Gasteiger partial charge in [-0.2, -0.15) is 0 Å². The topological polar surface area (TPSA) is 33.6 Å². The fourth-order valence-electron chi connectivity index (χ4n) is 1.82. The van der Waals surface area contributed by atoms with Gasteiger partial charge in [-0.1, -0.05) is 6.92 Å². The molecule has 0 radical (unpaired) electrons. The molecule has 2 aromatic rings. The number of fused-ring (bicyclic) bond motifs is 1. The Labute approximate surface area is 101 Å². The summed E-state index contributed by atoms with van der Waals surface area (Å²) in [4.78, 5) is 7.70. The molecule has 3 nitrogen and oxygen atoms in total. The highest BCUT2D eigenvalue weighted by Crippen LogP contribution is 2.25. The van der Waals surface area contributed by atoms with Gasteiger partial charge in [-0.15, -0.1) is 0 Å². The zero-order chi connectivity index (χ0) is 11.9. The van der Waals surface area contributed by atoms with Crippen LogP contribution >= 0.6 is 12.2 Å². The van der Waals surface area contributed by atoms with Gasteiger partial charge in [0.2, 0.25) is 0 Å². The molecule has 0 unspecified atom stereocenters. The number of aromatic amines is 1. The SMILES string of the molecule is CCC(C)(C)n1c(=S)[nH]c2cc(C)cnc21. The molecular formula is C12H17N3S. The zero-order valence-electron chi connectivity index (χ0n) is 10.2.